The highest BCUT2D eigenvalue weighted by atomic mass is 32.1. The Morgan fingerprint density at radius 1 is 1.55 bits per heavy atom. The van der Waals surface area contributed by atoms with Crippen LogP contribution in [0.1, 0.15) is 28.6 Å². The molecule has 1 saturated heterocycles. The SMILES string of the molecule is CC1CCN(C(=O)c2csc(/C=C/C(=O)O)c2)C1CO. The Morgan fingerprint density at radius 3 is 2.95 bits per heavy atom. The van der Waals surface area contributed by atoms with Crippen molar-refractivity contribution in [3.8, 4) is 0 Å². The molecule has 2 atom stereocenters. The standard InChI is InChI=1S/C14H17NO4S/c1-9-4-5-15(12(9)7-16)14(19)10-6-11(20-8-10)2-3-13(17)18/h2-3,6,8-9,12,16H,4-5,7H2,1H3,(H,17,18)/b3-2+. The van der Waals surface area contributed by atoms with Crippen molar-refractivity contribution in [3.05, 3.63) is 28.0 Å². The zero-order valence-electron chi connectivity index (χ0n) is 11.2. The first kappa shape index (κ1) is 14.7. The lowest BCUT2D eigenvalue weighted by Gasteiger charge is -2.24. The quantitative estimate of drug-likeness (QED) is 0.829. The number of aliphatic hydroxyl groups excluding tert-OH is 1. The lowest BCUT2D eigenvalue weighted by atomic mass is 10.0. The zero-order chi connectivity index (χ0) is 14.7. The van der Waals surface area contributed by atoms with Gasteiger partial charge in [-0.25, -0.2) is 4.79 Å². The number of thiophene rings is 1. The fraction of sp³-hybridized carbons (Fsp3) is 0.429. The molecule has 0 aliphatic carbocycles. The number of amides is 1. The van der Waals surface area contributed by atoms with Gasteiger partial charge < -0.3 is 15.1 Å². The third kappa shape index (κ3) is 3.08. The molecule has 1 aromatic rings. The van der Waals surface area contributed by atoms with Gasteiger partial charge >= 0.3 is 5.97 Å². The highest BCUT2D eigenvalue weighted by Gasteiger charge is 2.34. The normalized spacial score (nSPS) is 22.6. The minimum absolute atomic E-state index is 0.0250. The molecule has 0 aromatic carbocycles. The Balaban J connectivity index is 2.12. The Hall–Kier alpha value is -1.66. The van der Waals surface area contributed by atoms with Crippen molar-refractivity contribution in [1.29, 1.82) is 0 Å². The zero-order valence-corrected chi connectivity index (χ0v) is 12.0. The number of carbonyl (C=O) groups excluding carboxylic acids is 1. The average Bonchev–Trinajstić information content (AvgIpc) is 3.02. The molecule has 6 heteroatoms. The van der Waals surface area contributed by atoms with Gasteiger partial charge in [-0.3, -0.25) is 4.79 Å². The van der Waals surface area contributed by atoms with E-state index in [4.69, 9.17) is 5.11 Å². The molecular formula is C14H17NO4S. The van der Waals surface area contributed by atoms with Crippen LogP contribution in [-0.4, -0.2) is 46.2 Å². The van der Waals surface area contributed by atoms with E-state index in [9.17, 15) is 14.7 Å². The number of aliphatic carboxylic acids is 1. The molecule has 1 fully saturated rings. The molecule has 5 nitrogen and oxygen atoms in total. The van der Waals surface area contributed by atoms with E-state index in [1.54, 1.807) is 16.3 Å². The number of rotatable bonds is 4. The third-order valence-corrected chi connectivity index (χ3v) is 4.49. The predicted octanol–water partition coefficient (Wildman–Crippen LogP) is 1.69. The molecule has 1 aromatic heterocycles. The first-order valence-electron chi connectivity index (χ1n) is 6.44. The summed E-state index contributed by atoms with van der Waals surface area (Å²) in [5.74, 6) is -0.812. The Labute approximate surface area is 121 Å². The minimum atomic E-state index is -1.01. The molecule has 0 bridgehead atoms. The van der Waals surface area contributed by atoms with Gasteiger partial charge in [0.15, 0.2) is 0 Å². The van der Waals surface area contributed by atoms with Crippen LogP contribution in [-0.2, 0) is 4.79 Å². The van der Waals surface area contributed by atoms with Gasteiger partial charge in [-0.15, -0.1) is 11.3 Å². The van der Waals surface area contributed by atoms with Crippen molar-refractivity contribution in [2.24, 2.45) is 5.92 Å². The summed E-state index contributed by atoms with van der Waals surface area (Å²) in [5, 5.41) is 19.7. The summed E-state index contributed by atoms with van der Waals surface area (Å²) in [4.78, 5) is 25.3. The second kappa shape index (κ2) is 6.19. The second-order valence-electron chi connectivity index (χ2n) is 4.92. The average molecular weight is 295 g/mol. The fourth-order valence-corrected chi connectivity index (χ4v) is 3.18. The van der Waals surface area contributed by atoms with Gasteiger partial charge in [0.2, 0.25) is 0 Å². The number of hydrogen-bond donors (Lipinski definition) is 2. The van der Waals surface area contributed by atoms with Crippen molar-refractivity contribution in [2.45, 2.75) is 19.4 Å². The molecule has 1 aliphatic heterocycles. The van der Waals surface area contributed by atoms with E-state index in [-0.39, 0.29) is 18.6 Å². The van der Waals surface area contributed by atoms with E-state index in [2.05, 4.69) is 0 Å². The van der Waals surface area contributed by atoms with Gasteiger partial charge in [0, 0.05) is 22.9 Å². The summed E-state index contributed by atoms with van der Waals surface area (Å²) < 4.78 is 0. The van der Waals surface area contributed by atoms with Crippen molar-refractivity contribution in [3.63, 3.8) is 0 Å². The summed E-state index contributed by atoms with van der Waals surface area (Å²) in [6, 6.07) is 1.56. The summed E-state index contributed by atoms with van der Waals surface area (Å²) in [6.45, 7) is 2.66. The molecule has 1 aliphatic rings. The van der Waals surface area contributed by atoms with Crippen molar-refractivity contribution in [1.82, 2.24) is 4.90 Å². The molecule has 20 heavy (non-hydrogen) atoms. The maximum atomic E-state index is 12.4. The molecular weight excluding hydrogens is 278 g/mol. The van der Waals surface area contributed by atoms with Crippen LogP contribution in [0.15, 0.2) is 17.5 Å². The molecule has 1 amide bonds. The third-order valence-electron chi connectivity index (χ3n) is 3.59. The Morgan fingerprint density at radius 2 is 2.30 bits per heavy atom. The maximum Gasteiger partial charge on any atom is 0.328 e. The lowest BCUT2D eigenvalue weighted by molar-refractivity contribution is -0.131. The summed E-state index contributed by atoms with van der Waals surface area (Å²) in [7, 11) is 0. The number of hydrogen-bond acceptors (Lipinski definition) is 4. The van der Waals surface area contributed by atoms with E-state index >= 15 is 0 Å². The molecule has 2 rings (SSSR count). The first-order chi connectivity index (χ1) is 9.52. The number of carboxylic acid groups (broad SMARTS) is 1. The summed E-state index contributed by atoms with van der Waals surface area (Å²) in [6.07, 6.45) is 3.42. The number of carbonyl (C=O) groups is 2. The van der Waals surface area contributed by atoms with Crippen molar-refractivity contribution < 1.29 is 19.8 Å². The minimum Gasteiger partial charge on any atom is -0.478 e. The van der Waals surface area contributed by atoms with E-state index in [0.29, 0.717) is 18.0 Å². The number of likely N-dealkylation sites (tertiary alicyclic amines) is 1. The van der Waals surface area contributed by atoms with Crippen molar-refractivity contribution in [2.75, 3.05) is 13.2 Å². The van der Waals surface area contributed by atoms with Gasteiger partial charge in [-0.1, -0.05) is 6.92 Å². The summed E-state index contributed by atoms with van der Waals surface area (Å²) in [5.41, 5.74) is 0.549. The van der Waals surface area contributed by atoms with Crippen LogP contribution in [0.5, 0.6) is 0 Å². The highest BCUT2D eigenvalue weighted by Crippen LogP contribution is 2.27. The van der Waals surface area contributed by atoms with Gasteiger partial charge in [0.25, 0.3) is 5.91 Å². The predicted molar refractivity (Wildman–Crippen MR) is 76.7 cm³/mol. The van der Waals surface area contributed by atoms with E-state index in [1.165, 1.54) is 17.4 Å². The van der Waals surface area contributed by atoms with E-state index < -0.39 is 5.97 Å². The molecule has 0 spiro atoms. The van der Waals surface area contributed by atoms with Gasteiger partial charge in [-0.05, 0) is 24.5 Å². The van der Waals surface area contributed by atoms with Gasteiger partial charge in [0.05, 0.1) is 18.2 Å². The van der Waals surface area contributed by atoms with E-state index in [1.807, 2.05) is 6.92 Å². The molecule has 2 heterocycles. The number of carboxylic acids is 1. The second-order valence-corrected chi connectivity index (χ2v) is 5.87. The summed E-state index contributed by atoms with van der Waals surface area (Å²) >= 11 is 1.33. The molecule has 108 valence electrons. The fourth-order valence-electron chi connectivity index (χ4n) is 2.41. The van der Waals surface area contributed by atoms with Crippen molar-refractivity contribution >= 4 is 29.3 Å². The van der Waals surface area contributed by atoms with Gasteiger partial charge in [-0.2, -0.15) is 0 Å². The first-order valence-corrected chi connectivity index (χ1v) is 7.32. The van der Waals surface area contributed by atoms with Crippen LogP contribution in [0.3, 0.4) is 0 Å². The van der Waals surface area contributed by atoms with Crippen LogP contribution < -0.4 is 0 Å². The largest absolute Gasteiger partial charge is 0.478 e. The number of aliphatic hydroxyl groups is 1. The molecule has 0 radical (unpaired) electrons. The van der Waals surface area contributed by atoms with Crippen LogP contribution in [0.4, 0.5) is 0 Å². The Kier molecular flexibility index (Phi) is 4.57. The van der Waals surface area contributed by atoms with Crippen LogP contribution in [0.25, 0.3) is 6.08 Å². The molecule has 2 N–H and O–H groups in total. The maximum absolute atomic E-state index is 12.4. The number of nitrogens with zero attached hydrogens (tertiary/aromatic N) is 1. The van der Waals surface area contributed by atoms with Gasteiger partial charge in [0.1, 0.15) is 0 Å². The highest BCUT2D eigenvalue weighted by molar-refractivity contribution is 7.11. The monoisotopic (exact) mass is 295 g/mol. The van der Waals surface area contributed by atoms with Crippen LogP contribution in [0.2, 0.25) is 0 Å². The van der Waals surface area contributed by atoms with E-state index in [0.717, 1.165) is 17.4 Å². The molecule has 0 saturated carbocycles. The van der Waals surface area contributed by atoms with Crippen LogP contribution in [0, 0.1) is 5.92 Å². The lowest BCUT2D eigenvalue weighted by Crippen LogP contribution is -2.39. The topological polar surface area (TPSA) is 77.8 Å². The van der Waals surface area contributed by atoms with Crippen LogP contribution >= 0.6 is 11.3 Å². The smallest absolute Gasteiger partial charge is 0.328 e. The Bertz CT molecular complexity index is 537. The molecule has 2 unspecified atom stereocenters.